The van der Waals surface area contributed by atoms with E-state index in [1.165, 1.54) is 22.2 Å². The fourth-order valence-electron chi connectivity index (χ4n) is 3.03. The number of aromatic nitrogens is 2. The van der Waals surface area contributed by atoms with E-state index in [9.17, 15) is 9.59 Å². The fourth-order valence-corrected chi connectivity index (χ4v) is 4.76. The molecule has 1 fully saturated rings. The van der Waals surface area contributed by atoms with E-state index >= 15 is 0 Å². The molecule has 25 heavy (non-hydrogen) atoms. The molecular formula is C17H18N4O2S2. The van der Waals surface area contributed by atoms with Crippen molar-refractivity contribution < 1.29 is 4.79 Å². The van der Waals surface area contributed by atoms with Gasteiger partial charge in [-0.3, -0.25) is 14.2 Å². The van der Waals surface area contributed by atoms with Crippen LogP contribution in [0.1, 0.15) is 6.42 Å². The largest absolute Gasteiger partial charge is 0.340 e. The topological polar surface area (TPSA) is 67.2 Å². The second kappa shape index (κ2) is 7.07. The maximum atomic E-state index is 12.9. The Morgan fingerprint density at radius 2 is 2.20 bits per heavy atom. The molecule has 3 aromatic heterocycles. The molecule has 0 radical (unpaired) electrons. The first kappa shape index (κ1) is 16.4. The Balaban J connectivity index is 1.66. The van der Waals surface area contributed by atoms with E-state index < -0.39 is 0 Å². The van der Waals surface area contributed by atoms with Crippen LogP contribution in [0.2, 0.25) is 0 Å². The lowest BCUT2D eigenvalue weighted by Gasteiger charge is -2.20. The van der Waals surface area contributed by atoms with Crippen molar-refractivity contribution in [3.63, 3.8) is 0 Å². The summed E-state index contributed by atoms with van der Waals surface area (Å²) in [6.45, 7) is 3.18. The number of fused-ring (bicyclic) bond motifs is 1. The normalized spacial score (nSPS) is 15.4. The molecule has 0 aliphatic carbocycles. The van der Waals surface area contributed by atoms with Crippen molar-refractivity contribution in [3.8, 4) is 10.4 Å². The Kier molecular flexibility index (Phi) is 4.65. The predicted octanol–water partition coefficient (Wildman–Crippen LogP) is 2.01. The number of carbonyl (C=O) groups is 1. The average Bonchev–Trinajstić information content (AvgIpc) is 3.20. The van der Waals surface area contributed by atoms with Crippen molar-refractivity contribution in [2.45, 2.75) is 13.0 Å². The molecule has 0 saturated carbocycles. The molecule has 8 heteroatoms. The molecule has 0 bridgehead atoms. The molecule has 0 unspecified atom stereocenters. The van der Waals surface area contributed by atoms with Crippen LogP contribution in [0.15, 0.2) is 34.0 Å². The van der Waals surface area contributed by atoms with Gasteiger partial charge in [0.1, 0.15) is 11.4 Å². The standard InChI is InChI=1S/C17H18N4O2S2/c22-14(20-6-2-4-18-5-7-20)9-21-11-19-16-15(17(21)23)12(10-25-16)13-3-1-8-24-13/h1,3,8,10-11,18H,2,4-7,9H2. The molecule has 1 aliphatic rings. The van der Waals surface area contributed by atoms with E-state index in [1.54, 1.807) is 11.3 Å². The molecule has 1 aliphatic heterocycles. The van der Waals surface area contributed by atoms with E-state index in [-0.39, 0.29) is 18.0 Å². The Bertz CT molecular complexity index is 937. The molecule has 0 aromatic carbocycles. The number of nitrogens with zero attached hydrogens (tertiary/aromatic N) is 3. The molecule has 130 valence electrons. The number of amides is 1. The summed E-state index contributed by atoms with van der Waals surface area (Å²) in [6, 6.07) is 3.97. The van der Waals surface area contributed by atoms with Gasteiger partial charge in [0.05, 0.1) is 11.7 Å². The lowest BCUT2D eigenvalue weighted by Crippen LogP contribution is -2.38. The van der Waals surface area contributed by atoms with Gasteiger partial charge in [-0.25, -0.2) is 4.98 Å². The third kappa shape index (κ3) is 3.24. The van der Waals surface area contributed by atoms with E-state index in [1.807, 2.05) is 27.8 Å². The molecule has 1 N–H and O–H groups in total. The van der Waals surface area contributed by atoms with E-state index in [4.69, 9.17) is 0 Å². The highest BCUT2D eigenvalue weighted by molar-refractivity contribution is 7.18. The van der Waals surface area contributed by atoms with Crippen molar-refractivity contribution in [2.24, 2.45) is 0 Å². The third-order valence-electron chi connectivity index (χ3n) is 4.35. The third-order valence-corrected chi connectivity index (χ3v) is 6.14. The van der Waals surface area contributed by atoms with Crippen molar-refractivity contribution in [1.82, 2.24) is 19.8 Å². The zero-order valence-corrected chi connectivity index (χ0v) is 15.2. The van der Waals surface area contributed by atoms with Crippen molar-refractivity contribution in [2.75, 3.05) is 26.2 Å². The van der Waals surface area contributed by atoms with Gasteiger partial charge in [0.25, 0.3) is 5.56 Å². The van der Waals surface area contributed by atoms with E-state index in [0.29, 0.717) is 11.9 Å². The van der Waals surface area contributed by atoms with Crippen LogP contribution in [-0.2, 0) is 11.3 Å². The van der Waals surface area contributed by atoms with Gasteiger partial charge in [0, 0.05) is 35.5 Å². The number of carbonyl (C=O) groups excluding carboxylic acids is 1. The maximum Gasteiger partial charge on any atom is 0.263 e. The summed E-state index contributed by atoms with van der Waals surface area (Å²) in [6.07, 6.45) is 2.43. The molecule has 1 saturated heterocycles. The minimum atomic E-state index is -0.143. The Hall–Kier alpha value is -2.03. The van der Waals surface area contributed by atoms with Crippen LogP contribution in [0.3, 0.4) is 0 Å². The van der Waals surface area contributed by atoms with Gasteiger partial charge in [0.2, 0.25) is 5.91 Å². The molecule has 6 nitrogen and oxygen atoms in total. The summed E-state index contributed by atoms with van der Waals surface area (Å²) in [7, 11) is 0. The fraction of sp³-hybridized carbons (Fsp3) is 0.353. The number of hydrogen-bond acceptors (Lipinski definition) is 6. The van der Waals surface area contributed by atoms with Gasteiger partial charge in [-0.2, -0.15) is 0 Å². The molecule has 4 rings (SSSR count). The molecule has 4 heterocycles. The lowest BCUT2D eigenvalue weighted by atomic mass is 10.2. The van der Waals surface area contributed by atoms with Crippen LogP contribution in [0.5, 0.6) is 0 Å². The van der Waals surface area contributed by atoms with Gasteiger partial charge in [-0.1, -0.05) is 6.07 Å². The highest BCUT2D eigenvalue weighted by atomic mass is 32.1. The van der Waals surface area contributed by atoms with E-state index in [0.717, 1.165) is 41.3 Å². The van der Waals surface area contributed by atoms with Crippen LogP contribution in [0.25, 0.3) is 20.7 Å². The highest BCUT2D eigenvalue weighted by Gasteiger charge is 2.18. The monoisotopic (exact) mass is 374 g/mol. The van der Waals surface area contributed by atoms with Crippen molar-refractivity contribution in [1.29, 1.82) is 0 Å². The van der Waals surface area contributed by atoms with Gasteiger partial charge in [0.15, 0.2) is 0 Å². The summed E-state index contributed by atoms with van der Waals surface area (Å²) in [4.78, 5) is 33.5. The maximum absolute atomic E-state index is 12.9. The van der Waals surface area contributed by atoms with Crippen LogP contribution in [0, 0.1) is 0 Å². The summed E-state index contributed by atoms with van der Waals surface area (Å²) in [5, 5.41) is 7.85. The zero-order chi connectivity index (χ0) is 17.2. The van der Waals surface area contributed by atoms with E-state index in [2.05, 4.69) is 10.3 Å². The minimum Gasteiger partial charge on any atom is -0.340 e. The first-order valence-corrected chi connectivity index (χ1v) is 9.99. The molecule has 0 atom stereocenters. The zero-order valence-electron chi connectivity index (χ0n) is 13.6. The molecular weight excluding hydrogens is 356 g/mol. The number of thiophene rings is 2. The second-order valence-electron chi connectivity index (χ2n) is 5.97. The molecule has 0 spiro atoms. The molecule has 1 amide bonds. The number of nitrogens with one attached hydrogen (secondary N) is 1. The Morgan fingerprint density at radius 1 is 1.28 bits per heavy atom. The summed E-state index contributed by atoms with van der Waals surface area (Å²) >= 11 is 3.06. The Morgan fingerprint density at radius 3 is 3.04 bits per heavy atom. The first-order chi connectivity index (χ1) is 12.2. The van der Waals surface area contributed by atoms with Gasteiger partial charge in [-0.05, 0) is 24.4 Å². The Labute approximate surface area is 152 Å². The number of rotatable bonds is 3. The van der Waals surface area contributed by atoms with Crippen LogP contribution in [-0.4, -0.2) is 46.5 Å². The van der Waals surface area contributed by atoms with Gasteiger partial charge < -0.3 is 10.2 Å². The van der Waals surface area contributed by atoms with Gasteiger partial charge in [-0.15, -0.1) is 22.7 Å². The number of hydrogen-bond donors (Lipinski definition) is 1. The SMILES string of the molecule is O=C(Cn1cnc2scc(-c3cccs3)c2c1=O)N1CCCNCC1. The average molecular weight is 374 g/mol. The van der Waals surface area contributed by atoms with Crippen LogP contribution >= 0.6 is 22.7 Å². The first-order valence-electron chi connectivity index (χ1n) is 8.23. The predicted molar refractivity (Wildman–Crippen MR) is 101 cm³/mol. The second-order valence-corrected chi connectivity index (χ2v) is 7.77. The quantitative estimate of drug-likeness (QED) is 0.762. The summed E-state index contributed by atoms with van der Waals surface area (Å²) < 4.78 is 1.44. The smallest absolute Gasteiger partial charge is 0.263 e. The van der Waals surface area contributed by atoms with Crippen LogP contribution in [0.4, 0.5) is 0 Å². The van der Waals surface area contributed by atoms with Crippen LogP contribution < -0.4 is 10.9 Å². The minimum absolute atomic E-state index is 0.0279. The summed E-state index contributed by atoms with van der Waals surface area (Å²) in [5.74, 6) is -0.0279. The molecule has 3 aromatic rings. The lowest BCUT2D eigenvalue weighted by molar-refractivity contribution is -0.131. The van der Waals surface area contributed by atoms with Gasteiger partial charge >= 0.3 is 0 Å². The highest BCUT2D eigenvalue weighted by Crippen LogP contribution is 2.33. The van der Waals surface area contributed by atoms with Crippen molar-refractivity contribution >= 4 is 38.8 Å². The van der Waals surface area contributed by atoms with Crippen molar-refractivity contribution in [3.05, 3.63) is 39.6 Å². The summed E-state index contributed by atoms with van der Waals surface area (Å²) in [5.41, 5.74) is 0.768.